The molecule has 0 aliphatic rings. The first-order chi connectivity index (χ1) is 5.26. The summed E-state index contributed by atoms with van der Waals surface area (Å²) in [6.45, 7) is 0.145. The van der Waals surface area contributed by atoms with Crippen molar-refractivity contribution in [3.8, 4) is 6.07 Å². The van der Waals surface area contributed by atoms with Crippen molar-refractivity contribution < 1.29 is 4.39 Å². The lowest BCUT2D eigenvalue weighted by molar-refractivity contribution is 0.621. The highest BCUT2D eigenvalue weighted by molar-refractivity contribution is 5.23. The minimum Gasteiger partial charge on any atom is -0.325 e. The van der Waals surface area contributed by atoms with Crippen molar-refractivity contribution in [1.82, 2.24) is 4.98 Å². The molecule has 0 unspecified atom stereocenters. The Morgan fingerprint density at radius 3 is 2.91 bits per heavy atom. The zero-order valence-electron chi connectivity index (χ0n) is 5.71. The van der Waals surface area contributed by atoms with Gasteiger partial charge in [-0.3, -0.25) is 0 Å². The van der Waals surface area contributed by atoms with E-state index in [0.717, 1.165) is 6.07 Å². The number of hydrogen-bond donors (Lipinski definition) is 1. The van der Waals surface area contributed by atoms with Crippen LogP contribution in [0.25, 0.3) is 0 Å². The molecule has 56 valence electrons. The monoisotopic (exact) mass is 151 g/mol. The lowest BCUT2D eigenvalue weighted by Gasteiger charge is -1.95. The average molecular weight is 151 g/mol. The molecule has 0 aromatic carbocycles. The number of hydrogen-bond acceptors (Lipinski definition) is 3. The number of halogens is 1. The van der Waals surface area contributed by atoms with E-state index in [1.165, 1.54) is 6.07 Å². The summed E-state index contributed by atoms with van der Waals surface area (Å²) < 4.78 is 12.6. The minimum atomic E-state index is -0.475. The highest BCUT2D eigenvalue weighted by Gasteiger charge is 1.99. The van der Waals surface area contributed by atoms with E-state index in [0.29, 0.717) is 5.69 Å². The fraction of sp³-hybridized carbons (Fsp3) is 0.143. The van der Waals surface area contributed by atoms with Crippen LogP contribution in [0.15, 0.2) is 12.1 Å². The van der Waals surface area contributed by atoms with Gasteiger partial charge >= 0.3 is 0 Å². The first-order valence-electron chi connectivity index (χ1n) is 3.03. The average Bonchev–Trinajstić information content (AvgIpc) is 2.03. The van der Waals surface area contributed by atoms with Gasteiger partial charge in [0, 0.05) is 12.6 Å². The van der Waals surface area contributed by atoms with Crippen molar-refractivity contribution in [1.29, 1.82) is 5.26 Å². The lowest BCUT2D eigenvalue weighted by atomic mass is 10.3. The van der Waals surface area contributed by atoms with Crippen molar-refractivity contribution in [3.05, 3.63) is 29.3 Å². The van der Waals surface area contributed by atoms with Crippen molar-refractivity contribution in [2.24, 2.45) is 5.73 Å². The highest BCUT2D eigenvalue weighted by atomic mass is 19.1. The van der Waals surface area contributed by atoms with Gasteiger partial charge in [-0.2, -0.15) is 5.26 Å². The topological polar surface area (TPSA) is 62.7 Å². The van der Waals surface area contributed by atoms with Gasteiger partial charge in [0.15, 0.2) is 0 Å². The van der Waals surface area contributed by atoms with E-state index in [9.17, 15) is 4.39 Å². The number of nitrogens with zero attached hydrogens (tertiary/aromatic N) is 2. The van der Waals surface area contributed by atoms with Gasteiger partial charge in [0.2, 0.25) is 0 Å². The van der Waals surface area contributed by atoms with Crippen LogP contribution in [0.2, 0.25) is 0 Å². The fourth-order valence-corrected chi connectivity index (χ4v) is 0.713. The molecule has 0 bridgehead atoms. The Labute approximate surface area is 63.3 Å². The standard InChI is InChI=1S/C7H6FN3/c8-5-1-6(3-9)11-7(2-5)4-10/h1-2H,3,9H2. The van der Waals surface area contributed by atoms with Crippen LogP contribution in [0.5, 0.6) is 0 Å². The Balaban J connectivity index is 3.15. The largest absolute Gasteiger partial charge is 0.325 e. The molecule has 1 aromatic heterocycles. The Bertz CT molecular complexity index is 303. The molecule has 0 radical (unpaired) electrons. The van der Waals surface area contributed by atoms with Crippen molar-refractivity contribution in [3.63, 3.8) is 0 Å². The molecule has 3 nitrogen and oxygen atoms in total. The summed E-state index contributed by atoms with van der Waals surface area (Å²) in [6.07, 6.45) is 0. The third kappa shape index (κ3) is 1.72. The molecular formula is C7H6FN3. The molecule has 1 heterocycles. The van der Waals surface area contributed by atoms with E-state index in [1.807, 2.05) is 0 Å². The molecule has 11 heavy (non-hydrogen) atoms. The van der Waals surface area contributed by atoms with E-state index in [1.54, 1.807) is 6.07 Å². The molecule has 0 saturated heterocycles. The van der Waals surface area contributed by atoms with E-state index in [4.69, 9.17) is 11.0 Å². The van der Waals surface area contributed by atoms with Gasteiger partial charge in [0.1, 0.15) is 17.6 Å². The molecule has 0 amide bonds. The summed E-state index contributed by atoms with van der Waals surface area (Å²) in [5, 5.41) is 8.36. The number of nitriles is 1. The second kappa shape index (κ2) is 3.08. The maximum Gasteiger partial charge on any atom is 0.143 e. The molecule has 0 fully saturated rings. The Hall–Kier alpha value is -1.47. The van der Waals surface area contributed by atoms with E-state index < -0.39 is 5.82 Å². The second-order valence-electron chi connectivity index (χ2n) is 1.98. The van der Waals surface area contributed by atoms with E-state index >= 15 is 0 Å². The van der Waals surface area contributed by atoms with Crippen molar-refractivity contribution >= 4 is 0 Å². The summed E-state index contributed by atoms with van der Waals surface area (Å²) in [5.41, 5.74) is 5.65. The van der Waals surface area contributed by atoms with E-state index in [2.05, 4.69) is 4.98 Å². The fourth-order valence-electron chi connectivity index (χ4n) is 0.713. The zero-order chi connectivity index (χ0) is 8.27. The molecular weight excluding hydrogens is 145 g/mol. The third-order valence-corrected chi connectivity index (χ3v) is 1.17. The predicted molar refractivity (Wildman–Crippen MR) is 36.8 cm³/mol. The van der Waals surface area contributed by atoms with Crippen molar-refractivity contribution in [2.45, 2.75) is 6.54 Å². The third-order valence-electron chi connectivity index (χ3n) is 1.17. The Morgan fingerprint density at radius 1 is 1.64 bits per heavy atom. The van der Waals surface area contributed by atoms with Gasteiger partial charge in [-0.1, -0.05) is 0 Å². The summed E-state index contributed by atoms with van der Waals surface area (Å²) in [5.74, 6) is -0.475. The van der Waals surface area contributed by atoms with Crippen LogP contribution in [0.1, 0.15) is 11.4 Å². The van der Waals surface area contributed by atoms with Crippen molar-refractivity contribution in [2.75, 3.05) is 0 Å². The molecule has 4 heteroatoms. The lowest BCUT2D eigenvalue weighted by Crippen LogP contribution is -2.01. The molecule has 1 aromatic rings. The number of pyridine rings is 1. The first-order valence-corrected chi connectivity index (χ1v) is 3.03. The van der Waals surface area contributed by atoms with Gasteiger partial charge < -0.3 is 5.73 Å². The molecule has 2 N–H and O–H groups in total. The molecule has 0 aliphatic carbocycles. The van der Waals surface area contributed by atoms with Crippen LogP contribution in [-0.4, -0.2) is 4.98 Å². The van der Waals surface area contributed by atoms with E-state index in [-0.39, 0.29) is 12.2 Å². The van der Waals surface area contributed by atoms with Gasteiger partial charge in [-0.25, -0.2) is 9.37 Å². The SMILES string of the molecule is N#Cc1cc(F)cc(CN)n1. The van der Waals surface area contributed by atoms with Crippen LogP contribution in [0.4, 0.5) is 4.39 Å². The highest BCUT2D eigenvalue weighted by Crippen LogP contribution is 2.02. The second-order valence-corrected chi connectivity index (χ2v) is 1.98. The van der Waals surface area contributed by atoms with Crippen LogP contribution < -0.4 is 5.73 Å². The number of nitrogens with two attached hydrogens (primary N) is 1. The van der Waals surface area contributed by atoms with Crippen LogP contribution in [-0.2, 0) is 6.54 Å². The number of rotatable bonds is 1. The Kier molecular flexibility index (Phi) is 2.14. The van der Waals surface area contributed by atoms with Crippen LogP contribution in [0, 0.1) is 17.1 Å². The van der Waals surface area contributed by atoms with Gasteiger partial charge in [0.25, 0.3) is 0 Å². The van der Waals surface area contributed by atoms with Crippen LogP contribution >= 0.6 is 0 Å². The molecule has 1 rings (SSSR count). The molecule has 0 atom stereocenters. The zero-order valence-corrected chi connectivity index (χ0v) is 5.71. The molecule has 0 spiro atoms. The maximum absolute atomic E-state index is 12.6. The summed E-state index contributed by atoms with van der Waals surface area (Å²) >= 11 is 0. The van der Waals surface area contributed by atoms with Gasteiger partial charge in [-0.15, -0.1) is 0 Å². The normalized spacial score (nSPS) is 9.18. The summed E-state index contributed by atoms with van der Waals surface area (Å²) in [4.78, 5) is 3.74. The maximum atomic E-state index is 12.6. The summed E-state index contributed by atoms with van der Waals surface area (Å²) in [7, 11) is 0. The first kappa shape index (κ1) is 7.63. The molecule has 0 saturated carbocycles. The van der Waals surface area contributed by atoms with Gasteiger partial charge in [-0.05, 0) is 6.07 Å². The van der Waals surface area contributed by atoms with Crippen LogP contribution in [0.3, 0.4) is 0 Å². The predicted octanol–water partition coefficient (Wildman–Crippen LogP) is 0.551. The Morgan fingerprint density at radius 2 is 2.36 bits per heavy atom. The quantitative estimate of drug-likeness (QED) is 0.637. The number of aromatic nitrogens is 1. The molecule has 0 aliphatic heterocycles. The minimum absolute atomic E-state index is 0.0606. The van der Waals surface area contributed by atoms with Gasteiger partial charge in [0.05, 0.1) is 5.69 Å². The smallest absolute Gasteiger partial charge is 0.143 e. The summed E-state index contributed by atoms with van der Waals surface area (Å²) in [6, 6.07) is 4.01.